The van der Waals surface area contributed by atoms with Gasteiger partial charge in [-0.25, -0.2) is 17.7 Å². The molecule has 3 heterocycles. The summed E-state index contributed by atoms with van der Waals surface area (Å²) in [6, 6.07) is 6.15. The minimum absolute atomic E-state index is 0.0330. The lowest BCUT2D eigenvalue weighted by molar-refractivity contribution is -0.293. The number of nitrogens with zero attached hydrogens (tertiary/aromatic N) is 4. The molecule has 12 heteroatoms. The number of halogens is 5. The molecule has 0 aliphatic heterocycles. The van der Waals surface area contributed by atoms with Crippen molar-refractivity contribution < 1.29 is 31.8 Å². The van der Waals surface area contributed by atoms with Gasteiger partial charge in [0.25, 0.3) is 0 Å². The van der Waals surface area contributed by atoms with E-state index in [-0.39, 0.29) is 22.7 Å². The zero-order valence-electron chi connectivity index (χ0n) is 16.9. The van der Waals surface area contributed by atoms with E-state index < -0.39 is 47.0 Å². The summed E-state index contributed by atoms with van der Waals surface area (Å²) in [4.78, 5) is 7.37. The third kappa shape index (κ3) is 3.82. The monoisotopic (exact) mass is 465 g/mol. The molecule has 1 atom stereocenters. The number of rotatable bonds is 6. The Balaban J connectivity index is 1.84. The molecule has 33 heavy (non-hydrogen) atoms. The van der Waals surface area contributed by atoms with Crippen molar-refractivity contribution >= 4 is 11.6 Å². The minimum Gasteiger partial charge on any atom is -0.445 e. The molecule has 0 aliphatic carbocycles. The van der Waals surface area contributed by atoms with Crippen molar-refractivity contribution in [2.45, 2.75) is 25.1 Å². The molecule has 3 aromatic heterocycles. The SMILES string of the molecule is CCC(F)(F)C(O)(Oc1c(F)ccc(-c2ccn3nc(N)nc3c2)c1F)c1ccc(F)cn1. The highest BCUT2D eigenvalue weighted by molar-refractivity contribution is 5.69. The fourth-order valence-electron chi connectivity index (χ4n) is 3.19. The van der Waals surface area contributed by atoms with Gasteiger partial charge in [0.2, 0.25) is 5.95 Å². The molecule has 172 valence electrons. The Morgan fingerprint density at radius 2 is 1.88 bits per heavy atom. The van der Waals surface area contributed by atoms with Gasteiger partial charge in [0, 0.05) is 18.2 Å². The molecule has 3 N–H and O–H groups in total. The van der Waals surface area contributed by atoms with Crippen LogP contribution >= 0.6 is 0 Å². The summed E-state index contributed by atoms with van der Waals surface area (Å²) in [5.74, 6) is -12.5. The molecular formula is C21H16F5N5O2. The highest BCUT2D eigenvalue weighted by Gasteiger charge is 2.57. The van der Waals surface area contributed by atoms with E-state index in [0.29, 0.717) is 6.20 Å². The first-order valence-electron chi connectivity index (χ1n) is 9.57. The lowest BCUT2D eigenvalue weighted by atomic mass is 10.0. The maximum absolute atomic E-state index is 15.4. The molecule has 0 amide bonds. The molecule has 0 radical (unpaired) electrons. The van der Waals surface area contributed by atoms with Gasteiger partial charge in [0.05, 0.1) is 6.20 Å². The number of benzene rings is 1. The van der Waals surface area contributed by atoms with Crippen molar-refractivity contribution in [3.05, 3.63) is 71.9 Å². The predicted octanol–water partition coefficient (Wildman–Crippen LogP) is 4.06. The Morgan fingerprint density at radius 3 is 2.55 bits per heavy atom. The topological polar surface area (TPSA) is 98.6 Å². The summed E-state index contributed by atoms with van der Waals surface area (Å²) >= 11 is 0. The summed E-state index contributed by atoms with van der Waals surface area (Å²) < 4.78 is 78.9. The molecule has 4 rings (SSSR count). The van der Waals surface area contributed by atoms with Gasteiger partial charge in [-0.15, -0.1) is 5.10 Å². The van der Waals surface area contributed by atoms with E-state index in [4.69, 9.17) is 10.5 Å². The van der Waals surface area contributed by atoms with Crippen LogP contribution in [-0.2, 0) is 5.79 Å². The fourth-order valence-corrected chi connectivity index (χ4v) is 3.19. The van der Waals surface area contributed by atoms with Crippen LogP contribution in [0.5, 0.6) is 5.75 Å². The minimum atomic E-state index is -4.05. The molecule has 0 saturated heterocycles. The van der Waals surface area contributed by atoms with E-state index in [1.807, 2.05) is 0 Å². The summed E-state index contributed by atoms with van der Waals surface area (Å²) in [6.07, 6.45) is 1.01. The van der Waals surface area contributed by atoms with Gasteiger partial charge in [-0.05, 0) is 42.0 Å². The second kappa shape index (κ2) is 7.96. The van der Waals surface area contributed by atoms with Crippen molar-refractivity contribution in [3.8, 4) is 16.9 Å². The average Bonchev–Trinajstić information content (AvgIpc) is 3.16. The zero-order valence-corrected chi connectivity index (χ0v) is 16.9. The number of ether oxygens (including phenoxy) is 1. The van der Waals surface area contributed by atoms with Gasteiger partial charge in [-0.2, -0.15) is 13.8 Å². The lowest BCUT2D eigenvalue weighted by Gasteiger charge is -2.35. The predicted molar refractivity (Wildman–Crippen MR) is 107 cm³/mol. The second-order valence-corrected chi connectivity index (χ2v) is 7.09. The molecule has 4 aromatic rings. The molecule has 0 saturated carbocycles. The van der Waals surface area contributed by atoms with Crippen LogP contribution in [0.1, 0.15) is 19.0 Å². The van der Waals surface area contributed by atoms with E-state index in [1.165, 1.54) is 22.8 Å². The number of nitrogen functional groups attached to an aromatic ring is 1. The molecule has 1 aromatic carbocycles. The van der Waals surface area contributed by atoms with Crippen molar-refractivity contribution in [2.75, 3.05) is 5.73 Å². The summed E-state index contributed by atoms with van der Waals surface area (Å²) in [5.41, 5.74) is 4.90. The number of hydrogen-bond donors (Lipinski definition) is 2. The number of aliphatic hydroxyl groups is 1. The van der Waals surface area contributed by atoms with Crippen LogP contribution in [0.2, 0.25) is 0 Å². The molecule has 0 fully saturated rings. The van der Waals surface area contributed by atoms with Crippen LogP contribution in [-0.4, -0.2) is 30.6 Å². The number of hydrogen-bond acceptors (Lipinski definition) is 6. The highest BCUT2D eigenvalue weighted by atomic mass is 19.3. The molecule has 0 aliphatic rings. The Morgan fingerprint density at radius 1 is 1.12 bits per heavy atom. The maximum Gasteiger partial charge on any atom is 0.317 e. The summed E-state index contributed by atoms with van der Waals surface area (Å²) in [6.45, 7) is 1.03. The number of nitrogens with two attached hydrogens (primary N) is 1. The second-order valence-electron chi connectivity index (χ2n) is 7.09. The first-order chi connectivity index (χ1) is 15.6. The zero-order chi connectivity index (χ0) is 24.0. The van der Waals surface area contributed by atoms with Crippen molar-refractivity contribution in [1.29, 1.82) is 0 Å². The quantitative estimate of drug-likeness (QED) is 0.329. The molecule has 7 nitrogen and oxygen atoms in total. The first kappa shape index (κ1) is 22.4. The molecule has 1 unspecified atom stereocenters. The molecular weight excluding hydrogens is 449 g/mol. The van der Waals surface area contributed by atoms with Crippen molar-refractivity contribution in [2.24, 2.45) is 0 Å². The Bertz CT molecular complexity index is 1330. The van der Waals surface area contributed by atoms with E-state index in [2.05, 4.69) is 15.1 Å². The molecule has 0 spiro atoms. The van der Waals surface area contributed by atoms with Crippen LogP contribution in [0, 0.1) is 17.5 Å². The van der Waals surface area contributed by atoms with E-state index in [0.717, 1.165) is 31.2 Å². The number of aromatic nitrogens is 4. The number of fused-ring (bicyclic) bond motifs is 1. The Kier molecular flexibility index (Phi) is 5.40. The van der Waals surface area contributed by atoms with E-state index in [9.17, 15) is 22.7 Å². The van der Waals surface area contributed by atoms with Crippen LogP contribution in [0.3, 0.4) is 0 Å². The van der Waals surface area contributed by atoms with Crippen LogP contribution in [0.25, 0.3) is 16.8 Å². The fraction of sp³-hybridized carbons (Fsp3) is 0.190. The van der Waals surface area contributed by atoms with Gasteiger partial charge in [-0.3, -0.25) is 4.98 Å². The number of pyridine rings is 2. The number of anilines is 1. The third-order valence-electron chi connectivity index (χ3n) is 4.98. The van der Waals surface area contributed by atoms with Gasteiger partial charge >= 0.3 is 11.7 Å². The summed E-state index contributed by atoms with van der Waals surface area (Å²) in [7, 11) is 0. The van der Waals surface area contributed by atoms with Gasteiger partial charge < -0.3 is 15.6 Å². The standard InChI is InChI=1S/C21H16F5N5O2/c1-2-20(25,26)21(32,15-6-3-12(22)10-28-15)33-18-14(23)5-4-13(17(18)24)11-7-8-31-16(9-11)29-19(27)30-31/h3-10,32H,2H2,1H3,(H2,27,30). The van der Waals surface area contributed by atoms with Crippen LogP contribution in [0.15, 0.2) is 48.8 Å². The van der Waals surface area contributed by atoms with Gasteiger partial charge in [-0.1, -0.05) is 6.92 Å². The van der Waals surface area contributed by atoms with Crippen LogP contribution in [0.4, 0.5) is 27.9 Å². The van der Waals surface area contributed by atoms with E-state index in [1.54, 1.807) is 0 Å². The largest absolute Gasteiger partial charge is 0.445 e. The lowest BCUT2D eigenvalue weighted by Crippen LogP contribution is -2.50. The van der Waals surface area contributed by atoms with Gasteiger partial charge in [0.15, 0.2) is 23.0 Å². The normalized spacial score (nSPS) is 13.8. The van der Waals surface area contributed by atoms with Crippen LogP contribution < -0.4 is 10.5 Å². The maximum atomic E-state index is 15.4. The van der Waals surface area contributed by atoms with Crippen molar-refractivity contribution in [1.82, 2.24) is 19.6 Å². The highest BCUT2D eigenvalue weighted by Crippen LogP contribution is 2.43. The molecule has 0 bridgehead atoms. The third-order valence-corrected chi connectivity index (χ3v) is 4.98. The summed E-state index contributed by atoms with van der Waals surface area (Å²) in [5, 5.41) is 14.7. The average molecular weight is 465 g/mol. The number of alkyl halides is 2. The smallest absolute Gasteiger partial charge is 0.317 e. The Labute approximate surface area is 183 Å². The first-order valence-corrected chi connectivity index (χ1v) is 9.57. The van der Waals surface area contributed by atoms with Gasteiger partial charge in [0.1, 0.15) is 11.5 Å². The van der Waals surface area contributed by atoms with Crippen molar-refractivity contribution in [3.63, 3.8) is 0 Å². The van der Waals surface area contributed by atoms with E-state index >= 15 is 4.39 Å². The Hall–Kier alpha value is -3.80.